The maximum absolute atomic E-state index is 10.9. The van der Waals surface area contributed by atoms with Crippen LogP contribution >= 0.6 is 11.8 Å². The molecular weight excluding hydrogens is 420 g/mol. The van der Waals surface area contributed by atoms with Crippen LogP contribution in [0.2, 0.25) is 0 Å². The average Bonchev–Trinajstić information content (AvgIpc) is 3.11. The van der Waals surface area contributed by atoms with E-state index in [1.807, 2.05) is 11.8 Å². The normalized spacial score (nSPS) is 15.9. The van der Waals surface area contributed by atoms with Crippen LogP contribution in [-0.4, -0.2) is 22.4 Å². The lowest BCUT2D eigenvalue weighted by Gasteiger charge is -2.42. The maximum atomic E-state index is 10.9. The number of hydrogen-bond donors (Lipinski definition) is 1. The molecule has 0 aliphatic carbocycles. The maximum Gasteiger partial charge on any atom is 0.311 e. The van der Waals surface area contributed by atoms with Crippen LogP contribution in [-0.2, 0) is 16.6 Å². The minimum atomic E-state index is -0.916. The lowest BCUT2D eigenvalue weighted by molar-refractivity contribution is -0.136. The first kappa shape index (κ1) is 24.3. The zero-order valence-electron chi connectivity index (χ0n) is 19.8. The molecule has 2 aromatic rings. The number of ether oxygens (including phenoxy) is 1. The summed E-state index contributed by atoms with van der Waals surface area (Å²) in [5.74, 6) is 8.36. The molecule has 1 aromatic carbocycles. The van der Waals surface area contributed by atoms with Crippen LogP contribution in [0, 0.1) is 11.8 Å². The molecule has 4 nitrogen and oxygen atoms in total. The van der Waals surface area contributed by atoms with E-state index in [1.54, 1.807) is 12.1 Å². The highest BCUT2D eigenvalue weighted by Gasteiger charge is 2.39. The van der Waals surface area contributed by atoms with Gasteiger partial charge >= 0.3 is 5.97 Å². The SMILES string of the molecule is CCCCCCSc1cc2c(cc1C#Cc1ccc(CC(=O)O)o1)C(C)(C)CC(C)(C)O2. The van der Waals surface area contributed by atoms with Crippen LogP contribution in [0.4, 0.5) is 0 Å². The van der Waals surface area contributed by atoms with Gasteiger partial charge in [0.2, 0.25) is 0 Å². The Morgan fingerprint density at radius 2 is 1.91 bits per heavy atom. The first-order valence-corrected chi connectivity index (χ1v) is 12.4. The Bertz CT molecular complexity index is 1020. The summed E-state index contributed by atoms with van der Waals surface area (Å²) in [4.78, 5) is 12.0. The van der Waals surface area contributed by atoms with Crippen molar-refractivity contribution in [3.05, 3.63) is 46.9 Å². The van der Waals surface area contributed by atoms with Gasteiger partial charge in [-0.1, -0.05) is 46.0 Å². The van der Waals surface area contributed by atoms with E-state index in [1.165, 1.54) is 31.2 Å². The number of fused-ring (bicyclic) bond motifs is 1. The van der Waals surface area contributed by atoms with Crippen LogP contribution in [0.25, 0.3) is 0 Å². The second kappa shape index (κ2) is 10.1. The van der Waals surface area contributed by atoms with Crippen LogP contribution in [0.1, 0.15) is 89.4 Å². The summed E-state index contributed by atoms with van der Waals surface area (Å²) in [6.45, 7) is 11.0. The van der Waals surface area contributed by atoms with Gasteiger partial charge in [0.1, 0.15) is 23.5 Å². The molecule has 0 saturated carbocycles. The lowest BCUT2D eigenvalue weighted by Crippen LogP contribution is -2.41. The number of unbranched alkanes of at least 4 members (excludes halogenated alkanes) is 3. The van der Waals surface area contributed by atoms with Gasteiger partial charge in [0.05, 0.1) is 0 Å². The molecule has 1 N–H and O–H groups in total. The second-order valence-electron chi connectivity index (χ2n) is 9.76. The topological polar surface area (TPSA) is 59.7 Å². The Balaban J connectivity index is 1.92. The standard InChI is InChI=1S/C27H34O4S/c1-6-7-8-9-14-32-24-17-23-22(26(2,3)18-27(4,5)31-23)15-19(24)10-11-20-12-13-21(30-20)16-25(28)29/h12-13,15,17H,6-9,14,16,18H2,1-5H3,(H,28,29). The molecule has 1 aromatic heterocycles. The number of carboxylic acid groups (broad SMARTS) is 1. The van der Waals surface area contributed by atoms with Gasteiger partial charge in [0.25, 0.3) is 0 Å². The minimum Gasteiger partial charge on any atom is -0.487 e. The van der Waals surface area contributed by atoms with Crippen molar-refractivity contribution in [2.75, 3.05) is 5.75 Å². The fourth-order valence-corrected chi connectivity index (χ4v) is 5.44. The van der Waals surface area contributed by atoms with Crippen LogP contribution < -0.4 is 4.74 Å². The molecule has 3 rings (SSSR count). The summed E-state index contributed by atoms with van der Waals surface area (Å²) in [6.07, 6.45) is 5.70. The number of aliphatic carboxylic acids is 1. The minimum absolute atomic E-state index is 0.0167. The highest BCUT2D eigenvalue weighted by Crippen LogP contribution is 2.46. The Morgan fingerprint density at radius 1 is 1.12 bits per heavy atom. The fourth-order valence-electron chi connectivity index (χ4n) is 4.41. The number of benzene rings is 1. The predicted octanol–water partition coefficient (Wildman–Crippen LogP) is 6.82. The van der Waals surface area contributed by atoms with Gasteiger partial charge in [-0.05, 0) is 68.0 Å². The lowest BCUT2D eigenvalue weighted by atomic mass is 9.73. The van der Waals surface area contributed by atoms with E-state index in [9.17, 15) is 4.79 Å². The largest absolute Gasteiger partial charge is 0.487 e. The molecule has 0 amide bonds. The van der Waals surface area contributed by atoms with E-state index in [2.05, 4.69) is 58.6 Å². The van der Waals surface area contributed by atoms with E-state index < -0.39 is 5.97 Å². The number of thioether (sulfide) groups is 1. The Morgan fingerprint density at radius 3 is 2.62 bits per heavy atom. The Kier molecular flexibility index (Phi) is 7.67. The summed E-state index contributed by atoms with van der Waals surface area (Å²) >= 11 is 1.83. The molecule has 2 heterocycles. The fraction of sp³-hybridized carbons (Fsp3) is 0.519. The van der Waals surface area contributed by atoms with Gasteiger partial charge in [-0.25, -0.2) is 0 Å². The number of carboxylic acids is 1. The molecule has 0 unspecified atom stereocenters. The zero-order valence-corrected chi connectivity index (χ0v) is 20.7. The van der Waals surface area contributed by atoms with Crippen LogP contribution in [0.3, 0.4) is 0 Å². The van der Waals surface area contributed by atoms with Crippen LogP contribution in [0.15, 0.2) is 33.6 Å². The molecule has 32 heavy (non-hydrogen) atoms. The van der Waals surface area contributed by atoms with Gasteiger partial charge in [-0.2, -0.15) is 0 Å². The highest BCUT2D eigenvalue weighted by atomic mass is 32.2. The van der Waals surface area contributed by atoms with E-state index >= 15 is 0 Å². The van der Waals surface area contributed by atoms with Gasteiger partial charge in [0, 0.05) is 16.0 Å². The third-order valence-corrected chi connectivity index (χ3v) is 6.77. The van der Waals surface area contributed by atoms with Crippen molar-refractivity contribution in [1.82, 2.24) is 0 Å². The van der Waals surface area contributed by atoms with Crippen molar-refractivity contribution < 1.29 is 19.1 Å². The summed E-state index contributed by atoms with van der Waals surface area (Å²) < 4.78 is 11.9. The third kappa shape index (κ3) is 6.36. The van der Waals surface area contributed by atoms with Crippen molar-refractivity contribution in [1.29, 1.82) is 0 Å². The number of rotatable bonds is 8. The van der Waals surface area contributed by atoms with E-state index in [-0.39, 0.29) is 17.4 Å². The van der Waals surface area contributed by atoms with Crippen molar-refractivity contribution in [3.63, 3.8) is 0 Å². The molecule has 1 aliphatic rings. The molecule has 0 bridgehead atoms. The molecule has 0 atom stereocenters. The summed E-state index contributed by atoms with van der Waals surface area (Å²) in [6, 6.07) is 7.74. The van der Waals surface area contributed by atoms with Crippen molar-refractivity contribution in [2.24, 2.45) is 0 Å². The number of carbonyl (C=O) groups is 1. The van der Waals surface area contributed by atoms with E-state index in [4.69, 9.17) is 14.3 Å². The molecular formula is C27H34O4S. The highest BCUT2D eigenvalue weighted by molar-refractivity contribution is 7.99. The van der Waals surface area contributed by atoms with Crippen molar-refractivity contribution in [3.8, 4) is 17.6 Å². The first-order chi connectivity index (χ1) is 15.1. The molecule has 0 saturated heterocycles. The predicted molar refractivity (Wildman–Crippen MR) is 130 cm³/mol. The van der Waals surface area contributed by atoms with E-state index in [0.717, 1.165) is 28.4 Å². The van der Waals surface area contributed by atoms with E-state index in [0.29, 0.717) is 11.5 Å². The molecule has 5 heteroatoms. The number of furan rings is 1. The smallest absolute Gasteiger partial charge is 0.311 e. The summed E-state index contributed by atoms with van der Waals surface area (Å²) in [7, 11) is 0. The van der Waals surface area contributed by atoms with Gasteiger partial charge in [-0.15, -0.1) is 11.8 Å². The zero-order chi connectivity index (χ0) is 23.4. The second-order valence-corrected chi connectivity index (χ2v) is 10.9. The third-order valence-electron chi connectivity index (χ3n) is 5.63. The van der Waals surface area contributed by atoms with Gasteiger partial charge in [-0.3, -0.25) is 4.79 Å². The molecule has 1 aliphatic heterocycles. The number of hydrogen-bond acceptors (Lipinski definition) is 4. The average molecular weight is 455 g/mol. The Labute approximate surface area is 196 Å². The molecule has 0 fully saturated rings. The molecule has 0 radical (unpaired) electrons. The molecule has 172 valence electrons. The van der Waals surface area contributed by atoms with Crippen LogP contribution in [0.5, 0.6) is 5.75 Å². The first-order valence-electron chi connectivity index (χ1n) is 11.4. The van der Waals surface area contributed by atoms with Crippen molar-refractivity contribution >= 4 is 17.7 Å². The van der Waals surface area contributed by atoms with Gasteiger partial charge in [0.15, 0.2) is 5.76 Å². The van der Waals surface area contributed by atoms with Crippen molar-refractivity contribution in [2.45, 2.75) is 89.1 Å². The monoisotopic (exact) mass is 454 g/mol. The summed E-state index contributed by atoms with van der Waals surface area (Å²) in [5, 5.41) is 8.94. The molecule has 0 spiro atoms. The Hall–Kier alpha value is -2.32. The quantitative estimate of drug-likeness (QED) is 0.269. The summed E-state index contributed by atoms with van der Waals surface area (Å²) in [5.41, 5.74) is 1.93. The van der Waals surface area contributed by atoms with Gasteiger partial charge < -0.3 is 14.3 Å².